The molecule has 3 aromatic carbocycles. The molecule has 0 atom stereocenters. The summed E-state index contributed by atoms with van der Waals surface area (Å²) in [6.45, 7) is 5.86. The zero-order valence-corrected chi connectivity index (χ0v) is 20.5. The molecule has 4 N–H and O–H groups in total. The molecule has 0 spiro atoms. The molecule has 0 bridgehead atoms. The molecule has 4 rings (SSSR count). The standard InChI is InChI=1S/C29H28N4O3/c1-4-36-27(34)16-32-29(35)22-6-5-17(2)24(14-22)21-11-12-23-18(3)13-25(33-26(23)15-21)19-7-9-20(10-8-19)28(30)31/h5-15H,4,16H2,1-3H3,(H3,30,31)(H,32,35). The van der Waals surface area contributed by atoms with Gasteiger partial charge in [0.1, 0.15) is 12.4 Å². The smallest absolute Gasteiger partial charge is 0.325 e. The highest BCUT2D eigenvalue weighted by atomic mass is 16.5. The molecule has 0 aliphatic heterocycles. The van der Waals surface area contributed by atoms with Crippen molar-refractivity contribution in [3.05, 3.63) is 89.0 Å². The molecule has 7 heteroatoms. The Morgan fingerprint density at radius 3 is 2.31 bits per heavy atom. The minimum absolute atomic E-state index is 0.0287. The second-order valence-electron chi connectivity index (χ2n) is 8.56. The Bertz CT molecular complexity index is 1480. The number of esters is 1. The van der Waals surface area contributed by atoms with E-state index in [1.54, 1.807) is 13.0 Å². The molecule has 1 amide bonds. The van der Waals surface area contributed by atoms with Gasteiger partial charge in [-0.2, -0.15) is 0 Å². The average Bonchev–Trinajstić information content (AvgIpc) is 2.87. The van der Waals surface area contributed by atoms with Crippen LogP contribution in [0.15, 0.2) is 66.7 Å². The molecule has 182 valence electrons. The first kappa shape index (κ1) is 24.6. The number of rotatable bonds is 7. The van der Waals surface area contributed by atoms with Gasteiger partial charge >= 0.3 is 5.97 Å². The third-order valence-electron chi connectivity index (χ3n) is 6.02. The molecule has 4 aromatic rings. The van der Waals surface area contributed by atoms with Gasteiger partial charge in [0.25, 0.3) is 5.91 Å². The van der Waals surface area contributed by atoms with Crippen LogP contribution in [0.4, 0.5) is 0 Å². The van der Waals surface area contributed by atoms with E-state index in [9.17, 15) is 9.59 Å². The van der Waals surface area contributed by atoms with E-state index in [-0.39, 0.29) is 24.9 Å². The number of nitrogens with two attached hydrogens (primary N) is 1. The van der Waals surface area contributed by atoms with E-state index in [2.05, 4.69) is 12.2 Å². The highest BCUT2D eigenvalue weighted by Crippen LogP contribution is 2.30. The van der Waals surface area contributed by atoms with Crippen molar-refractivity contribution in [3.8, 4) is 22.4 Å². The summed E-state index contributed by atoms with van der Waals surface area (Å²) < 4.78 is 4.87. The second-order valence-corrected chi connectivity index (χ2v) is 8.56. The normalized spacial score (nSPS) is 10.8. The number of fused-ring (bicyclic) bond motifs is 1. The number of amides is 1. The van der Waals surface area contributed by atoms with Crippen molar-refractivity contribution in [1.29, 1.82) is 5.41 Å². The van der Waals surface area contributed by atoms with Crippen molar-refractivity contribution in [3.63, 3.8) is 0 Å². The summed E-state index contributed by atoms with van der Waals surface area (Å²) in [5, 5.41) is 11.2. The van der Waals surface area contributed by atoms with Crippen LogP contribution >= 0.6 is 0 Å². The molecule has 0 radical (unpaired) electrons. The van der Waals surface area contributed by atoms with E-state index in [4.69, 9.17) is 20.9 Å². The van der Waals surface area contributed by atoms with Gasteiger partial charge in [-0.05, 0) is 67.3 Å². The van der Waals surface area contributed by atoms with Crippen LogP contribution in [0.5, 0.6) is 0 Å². The molecule has 1 aromatic heterocycles. The minimum atomic E-state index is -0.471. The molecule has 0 saturated carbocycles. The molecule has 0 aliphatic carbocycles. The summed E-state index contributed by atoms with van der Waals surface area (Å²) in [6.07, 6.45) is 0. The fourth-order valence-electron chi connectivity index (χ4n) is 4.08. The number of carbonyl (C=O) groups excluding carboxylic acids is 2. The van der Waals surface area contributed by atoms with Gasteiger partial charge in [0.2, 0.25) is 0 Å². The SMILES string of the molecule is CCOC(=O)CNC(=O)c1ccc(C)c(-c2ccc3c(C)cc(-c4ccc(C(=N)N)cc4)nc3c2)c1. The Hall–Kier alpha value is -4.52. The molecule has 0 unspecified atom stereocenters. The maximum absolute atomic E-state index is 12.6. The average molecular weight is 481 g/mol. The number of hydrogen-bond acceptors (Lipinski definition) is 5. The molecule has 0 fully saturated rings. The monoisotopic (exact) mass is 480 g/mol. The first-order valence-corrected chi connectivity index (χ1v) is 11.7. The summed E-state index contributed by atoms with van der Waals surface area (Å²) in [5.41, 5.74) is 13.3. The number of hydrogen-bond donors (Lipinski definition) is 3. The Kier molecular flexibility index (Phi) is 7.10. The molecule has 1 heterocycles. The molecular weight excluding hydrogens is 452 g/mol. The third kappa shape index (κ3) is 5.25. The fraction of sp³-hybridized carbons (Fsp3) is 0.172. The van der Waals surface area contributed by atoms with Crippen molar-refractivity contribution in [1.82, 2.24) is 10.3 Å². The van der Waals surface area contributed by atoms with Crippen molar-refractivity contribution >= 4 is 28.6 Å². The van der Waals surface area contributed by atoms with Gasteiger partial charge in [0.05, 0.1) is 17.8 Å². The summed E-state index contributed by atoms with van der Waals surface area (Å²) in [4.78, 5) is 29.1. The number of carbonyl (C=O) groups is 2. The van der Waals surface area contributed by atoms with Gasteiger partial charge in [0.15, 0.2) is 0 Å². The first-order valence-electron chi connectivity index (χ1n) is 11.7. The number of ether oxygens (including phenoxy) is 1. The summed E-state index contributed by atoms with van der Waals surface area (Å²) in [7, 11) is 0. The van der Waals surface area contributed by atoms with Gasteiger partial charge in [-0.15, -0.1) is 0 Å². The predicted molar refractivity (Wildman–Crippen MR) is 142 cm³/mol. The van der Waals surface area contributed by atoms with E-state index < -0.39 is 5.97 Å². The predicted octanol–water partition coefficient (Wildman–Crippen LogP) is 4.76. The number of pyridine rings is 1. The van der Waals surface area contributed by atoms with Gasteiger partial charge in [-0.1, -0.05) is 42.5 Å². The number of nitrogen functional groups attached to an aromatic ring is 1. The molecule has 0 aliphatic rings. The van der Waals surface area contributed by atoms with Crippen LogP contribution in [0, 0.1) is 19.3 Å². The quantitative estimate of drug-likeness (QED) is 0.200. The topological polar surface area (TPSA) is 118 Å². The van der Waals surface area contributed by atoms with Crippen LogP contribution in [-0.4, -0.2) is 35.8 Å². The van der Waals surface area contributed by atoms with Crippen molar-refractivity contribution in [2.75, 3.05) is 13.2 Å². The van der Waals surface area contributed by atoms with Crippen LogP contribution in [0.2, 0.25) is 0 Å². The zero-order chi connectivity index (χ0) is 25.8. The van der Waals surface area contributed by atoms with Gasteiger partial charge in [-0.25, -0.2) is 4.98 Å². The fourth-order valence-corrected chi connectivity index (χ4v) is 4.08. The number of amidine groups is 1. The molecule has 36 heavy (non-hydrogen) atoms. The second kappa shape index (κ2) is 10.4. The lowest BCUT2D eigenvalue weighted by Crippen LogP contribution is -2.30. The van der Waals surface area contributed by atoms with Gasteiger partial charge in [0, 0.05) is 22.1 Å². The first-order chi connectivity index (χ1) is 17.3. The van der Waals surface area contributed by atoms with E-state index in [1.807, 2.05) is 67.6 Å². The summed E-state index contributed by atoms with van der Waals surface area (Å²) in [6, 6.07) is 21.1. The van der Waals surface area contributed by atoms with Crippen molar-refractivity contribution in [2.45, 2.75) is 20.8 Å². The number of nitrogens with one attached hydrogen (secondary N) is 2. The number of nitrogens with zero attached hydrogens (tertiary/aromatic N) is 1. The van der Waals surface area contributed by atoms with Crippen LogP contribution in [0.3, 0.4) is 0 Å². The van der Waals surface area contributed by atoms with E-state index in [0.717, 1.165) is 44.4 Å². The lowest BCUT2D eigenvalue weighted by molar-refractivity contribution is -0.141. The lowest BCUT2D eigenvalue weighted by atomic mass is 9.95. The Balaban J connectivity index is 1.68. The highest BCUT2D eigenvalue weighted by molar-refractivity contribution is 5.98. The van der Waals surface area contributed by atoms with E-state index in [1.165, 1.54) is 0 Å². The number of aryl methyl sites for hydroxylation is 2. The van der Waals surface area contributed by atoms with Crippen LogP contribution in [0.25, 0.3) is 33.3 Å². The van der Waals surface area contributed by atoms with Crippen molar-refractivity contribution < 1.29 is 14.3 Å². The van der Waals surface area contributed by atoms with Crippen LogP contribution < -0.4 is 11.1 Å². The number of benzene rings is 3. The molecule has 7 nitrogen and oxygen atoms in total. The maximum atomic E-state index is 12.6. The highest BCUT2D eigenvalue weighted by Gasteiger charge is 2.13. The number of aromatic nitrogens is 1. The Morgan fingerprint density at radius 1 is 0.917 bits per heavy atom. The third-order valence-corrected chi connectivity index (χ3v) is 6.02. The van der Waals surface area contributed by atoms with Crippen molar-refractivity contribution in [2.24, 2.45) is 5.73 Å². The minimum Gasteiger partial charge on any atom is -0.465 e. The van der Waals surface area contributed by atoms with Crippen LogP contribution in [0.1, 0.15) is 34.0 Å². The zero-order valence-electron chi connectivity index (χ0n) is 20.5. The van der Waals surface area contributed by atoms with E-state index >= 15 is 0 Å². The lowest BCUT2D eigenvalue weighted by Gasteiger charge is -2.12. The van der Waals surface area contributed by atoms with E-state index in [0.29, 0.717) is 11.1 Å². The molecular formula is C29H28N4O3. The molecule has 0 saturated heterocycles. The Morgan fingerprint density at radius 2 is 1.61 bits per heavy atom. The van der Waals surface area contributed by atoms with Gasteiger partial charge < -0.3 is 15.8 Å². The summed E-state index contributed by atoms with van der Waals surface area (Å²) >= 11 is 0. The van der Waals surface area contributed by atoms with Crippen LogP contribution in [-0.2, 0) is 9.53 Å². The maximum Gasteiger partial charge on any atom is 0.325 e. The summed E-state index contributed by atoms with van der Waals surface area (Å²) in [5.74, 6) is -0.780. The largest absolute Gasteiger partial charge is 0.465 e. The Labute approximate surface area is 209 Å². The van der Waals surface area contributed by atoms with Gasteiger partial charge in [-0.3, -0.25) is 15.0 Å².